The van der Waals surface area contributed by atoms with Crippen molar-refractivity contribution < 1.29 is 22.7 Å². The first-order valence-electron chi connectivity index (χ1n) is 9.24. The number of hydrogen-bond acceptors (Lipinski definition) is 6. The van der Waals surface area contributed by atoms with E-state index in [9.17, 15) is 18.0 Å². The summed E-state index contributed by atoms with van der Waals surface area (Å²) in [4.78, 5) is 24.9. The molecule has 0 radical (unpaired) electrons. The molecule has 0 saturated carbocycles. The minimum Gasteiger partial charge on any atom is -0.462 e. The van der Waals surface area contributed by atoms with Gasteiger partial charge in [-0.05, 0) is 55.6 Å². The van der Waals surface area contributed by atoms with Crippen LogP contribution in [-0.4, -0.2) is 44.8 Å². The monoisotopic (exact) mass is 446 g/mol. The van der Waals surface area contributed by atoms with Crippen LogP contribution in [0.5, 0.6) is 0 Å². The van der Waals surface area contributed by atoms with Crippen LogP contribution in [0.4, 0.5) is 5.69 Å². The molecule has 0 bridgehead atoms. The van der Waals surface area contributed by atoms with Gasteiger partial charge >= 0.3 is 5.97 Å². The number of fused-ring (bicyclic) bond motifs is 1. The van der Waals surface area contributed by atoms with Crippen molar-refractivity contribution in [2.45, 2.75) is 18.7 Å². The van der Waals surface area contributed by atoms with Crippen LogP contribution in [0.3, 0.4) is 0 Å². The molecule has 0 aliphatic carbocycles. The number of anilines is 1. The lowest BCUT2D eigenvalue weighted by molar-refractivity contribution is -0.116. The lowest BCUT2D eigenvalue weighted by Crippen LogP contribution is -2.34. The predicted octanol–water partition coefficient (Wildman–Crippen LogP) is 3.65. The summed E-state index contributed by atoms with van der Waals surface area (Å²) >= 11 is 1.31. The number of benzene rings is 2. The topological polar surface area (TPSA) is 92.8 Å². The summed E-state index contributed by atoms with van der Waals surface area (Å²) in [6, 6.07) is 13.4. The van der Waals surface area contributed by atoms with E-state index >= 15 is 0 Å². The minimum atomic E-state index is -3.77. The molecule has 0 saturated heterocycles. The smallest absolute Gasteiger partial charge is 0.348 e. The zero-order valence-electron chi connectivity index (χ0n) is 16.8. The molecule has 0 aliphatic heterocycles. The Morgan fingerprint density at radius 3 is 2.47 bits per heavy atom. The Labute approximate surface area is 179 Å². The lowest BCUT2D eigenvalue weighted by Gasteiger charge is -2.17. The summed E-state index contributed by atoms with van der Waals surface area (Å²) in [6.45, 7) is 3.59. The average Bonchev–Trinajstić information content (AvgIpc) is 3.12. The van der Waals surface area contributed by atoms with E-state index in [1.165, 1.54) is 30.5 Å². The zero-order chi connectivity index (χ0) is 21.9. The Morgan fingerprint density at radius 2 is 1.80 bits per heavy atom. The molecule has 30 heavy (non-hydrogen) atoms. The molecule has 1 N–H and O–H groups in total. The van der Waals surface area contributed by atoms with E-state index in [1.54, 1.807) is 43.3 Å². The summed E-state index contributed by atoms with van der Waals surface area (Å²) < 4.78 is 32.2. The molecule has 0 unspecified atom stereocenters. The molecule has 0 atom stereocenters. The Hall–Kier alpha value is -2.75. The van der Waals surface area contributed by atoms with Crippen LogP contribution in [0.15, 0.2) is 53.4 Å². The van der Waals surface area contributed by atoms with Crippen molar-refractivity contribution in [1.82, 2.24) is 4.31 Å². The molecule has 0 aliphatic rings. The number of amides is 1. The number of ether oxygens (including phenoxy) is 1. The van der Waals surface area contributed by atoms with Gasteiger partial charge in [0.15, 0.2) is 0 Å². The highest BCUT2D eigenvalue weighted by atomic mass is 32.2. The van der Waals surface area contributed by atoms with E-state index in [0.29, 0.717) is 17.2 Å². The molecule has 158 valence electrons. The van der Waals surface area contributed by atoms with E-state index in [1.807, 2.05) is 6.92 Å². The molecule has 0 spiro atoms. The summed E-state index contributed by atoms with van der Waals surface area (Å²) in [7, 11) is -2.40. The number of sulfonamides is 1. The molecule has 2 aromatic carbocycles. The van der Waals surface area contributed by atoms with Crippen LogP contribution in [-0.2, 0) is 19.6 Å². The van der Waals surface area contributed by atoms with Crippen molar-refractivity contribution in [3.8, 4) is 0 Å². The van der Waals surface area contributed by atoms with Gasteiger partial charge in [0, 0.05) is 17.4 Å². The number of rotatable bonds is 7. The standard InChI is InChI=1S/C21H22N2O5S2/c1-4-28-21(25)19-12-15-11-16(7-10-18(15)29-19)22-20(24)13-23(3)30(26,27)17-8-5-14(2)6-9-17/h5-12H,4,13H2,1-3H3,(H,22,24). The number of nitrogens with one attached hydrogen (secondary N) is 1. The number of thiophene rings is 1. The van der Waals surface area contributed by atoms with Crippen LogP contribution in [0.1, 0.15) is 22.2 Å². The van der Waals surface area contributed by atoms with Crippen LogP contribution in [0.25, 0.3) is 10.1 Å². The number of carbonyl (C=O) groups excluding carboxylic acids is 2. The molecule has 3 aromatic rings. The highest BCUT2D eigenvalue weighted by Crippen LogP contribution is 2.28. The van der Waals surface area contributed by atoms with E-state index in [2.05, 4.69) is 5.32 Å². The van der Waals surface area contributed by atoms with Crippen molar-refractivity contribution >= 4 is 49.0 Å². The lowest BCUT2D eigenvalue weighted by atomic mass is 10.2. The Balaban J connectivity index is 1.70. The SMILES string of the molecule is CCOC(=O)c1cc2cc(NC(=O)CN(C)S(=O)(=O)c3ccc(C)cc3)ccc2s1. The molecule has 1 aromatic heterocycles. The van der Waals surface area contributed by atoms with Crippen LogP contribution in [0, 0.1) is 6.92 Å². The third-order valence-corrected chi connectivity index (χ3v) is 7.29. The van der Waals surface area contributed by atoms with Gasteiger partial charge in [0.05, 0.1) is 18.0 Å². The number of aryl methyl sites for hydroxylation is 1. The highest BCUT2D eigenvalue weighted by Gasteiger charge is 2.23. The number of carbonyl (C=O) groups is 2. The van der Waals surface area contributed by atoms with Gasteiger partial charge in [-0.3, -0.25) is 4.79 Å². The fourth-order valence-electron chi connectivity index (χ4n) is 2.80. The molecular formula is C21H22N2O5S2. The predicted molar refractivity (Wildman–Crippen MR) is 117 cm³/mol. The van der Waals surface area contributed by atoms with Crippen molar-refractivity contribution in [1.29, 1.82) is 0 Å². The zero-order valence-corrected chi connectivity index (χ0v) is 18.5. The van der Waals surface area contributed by atoms with Gasteiger partial charge in [-0.25, -0.2) is 13.2 Å². The Morgan fingerprint density at radius 1 is 1.10 bits per heavy atom. The summed E-state index contributed by atoms with van der Waals surface area (Å²) in [6.07, 6.45) is 0. The number of nitrogens with zero attached hydrogens (tertiary/aromatic N) is 1. The second-order valence-electron chi connectivity index (χ2n) is 6.71. The number of esters is 1. The van der Waals surface area contributed by atoms with Crippen molar-refractivity contribution in [2.75, 3.05) is 25.5 Å². The second-order valence-corrected chi connectivity index (χ2v) is 9.83. The van der Waals surface area contributed by atoms with E-state index < -0.39 is 15.9 Å². The summed E-state index contributed by atoms with van der Waals surface area (Å²) in [5.74, 6) is -0.847. The quantitative estimate of drug-likeness (QED) is 0.559. The third kappa shape index (κ3) is 4.86. The molecule has 1 amide bonds. The van der Waals surface area contributed by atoms with Crippen LogP contribution >= 0.6 is 11.3 Å². The maximum Gasteiger partial charge on any atom is 0.348 e. The number of hydrogen-bond donors (Lipinski definition) is 1. The van der Waals surface area contributed by atoms with Gasteiger partial charge < -0.3 is 10.1 Å². The fourth-order valence-corrected chi connectivity index (χ4v) is 4.87. The normalized spacial score (nSPS) is 11.6. The molecular weight excluding hydrogens is 424 g/mol. The van der Waals surface area contributed by atoms with Gasteiger partial charge in [0.2, 0.25) is 15.9 Å². The molecule has 7 nitrogen and oxygen atoms in total. The Bertz CT molecular complexity index is 1180. The summed E-state index contributed by atoms with van der Waals surface area (Å²) in [5.41, 5.74) is 1.46. The van der Waals surface area contributed by atoms with Crippen LogP contribution < -0.4 is 5.32 Å². The van der Waals surface area contributed by atoms with E-state index in [0.717, 1.165) is 20.0 Å². The maximum absolute atomic E-state index is 12.6. The minimum absolute atomic E-state index is 0.134. The molecule has 1 heterocycles. The van der Waals surface area contributed by atoms with Crippen molar-refractivity contribution in [3.63, 3.8) is 0 Å². The first-order chi connectivity index (χ1) is 14.2. The van der Waals surface area contributed by atoms with Gasteiger partial charge in [-0.1, -0.05) is 17.7 Å². The largest absolute Gasteiger partial charge is 0.462 e. The van der Waals surface area contributed by atoms with Crippen LogP contribution in [0.2, 0.25) is 0 Å². The first kappa shape index (κ1) is 21.9. The van der Waals surface area contributed by atoms with Crippen molar-refractivity contribution in [2.24, 2.45) is 0 Å². The second kappa shape index (κ2) is 8.95. The van der Waals surface area contributed by atoms with Gasteiger partial charge in [0.1, 0.15) is 4.88 Å². The highest BCUT2D eigenvalue weighted by molar-refractivity contribution is 7.89. The number of likely N-dealkylation sites (N-methyl/N-ethyl adjacent to an activating group) is 1. The average molecular weight is 447 g/mol. The first-order valence-corrected chi connectivity index (χ1v) is 11.5. The van der Waals surface area contributed by atoms with E-state index in [4.69, 9.17) is 4.74 Å². The maximum atomic E-state index is 12.6. The molecule has 0 fully saturated rings. The van der Waals surface area contributed by atoms with Gasteiger partial charge in [0.25, 0.3) is 0 Å². The molecule has 9 heteroatoms. The summed E-state index contributed by atoms with van der Waals surface area (Å²) in [5, 5.41) is 3.50. The van der Waals surface area contributed by atoms with Crippen molar-refractivity contribution in [3.05, 3.63) is 59.0 Å². The third-order valence-electron chi connectivity index (χ3n) is 4.37. The Kier molecular flexibility index (Phi) is 6.55. The van der Waals surface area contributed by atoms with E-state index in [-0.39, 0.29) is 17.4 Å². The van der Waals surface area contributed by atoms with Gasteiger partial charge in [-0.2, -0.15) is 4.31 Å². The van der Waals surface area contributed by atoms with Gasteiger partial charge in [-0.15, -0.1) is 11.3 Å². The fraction of sp³-hybridized carbons (Fsp3) is 0.238. The molecule has 3 rings (SSSR count).